The summed E-state index contributed by atoms with van der Waals surface area (Å²) in [7, 11) is -2.94. The minimum Gasteiger partial charge on any atom is -0.315 e. The molecule has 92 valence electrons. The second-order valence-corrected chi connectivity index (χ2v) is 7.89. The average Bonchev–Trinajstić information content (AvgIpc) is 2.01. The number of hydrogen-bond acceptors (Lipinski definition) is 3. The van der Waals surface area contributed by atoms with Crippen LogP contribution in [0.25, 0.3) is 0 Å². The molecule has 0 rings (SSSR count). The first-order valence-electron chi connectivity index (χ1n) is 5.66. The Bertz CT molecular complexity index is 265. The predicted octanol–water partition coefficient (Wildman–Crippen LogP) is 1.98. The van der Waals surface area contributed by atoms with Gasteiger partial charge in [0.2, 0.25) is 0 Å². The second-order valence-electron chi connectivity index (χ2n) is 5.03. The standard InChI is InChI=1S/C11H25NO2S/c1-6-12-10(2)8-7-9-15(13,14)11(3,4)5/h10,12H,6-9H2,1-5H3. The van der Waals surface area contributed by atoms with Crippen LogP contribution in [0.2, 0.25) is 0 Å². The van der Waals surface area contributed by atoms with E-state index in [2.05, 4.69) is 19.2 Å². The van der Waals surface area contributed by atoms with Gasteiger partial charge in [0.25, 0.3) is 0 Å². The van der Waals surface area contributed by atoms with E-state index in [1.54, 1.807) is 20.8 Å². The van der Waals surface area contributed by atoms with Crippen molar-refractivity contribution in [3.05, 3.63) is 0 Å². The van der Waals surface area contributed by atoms with E-state index < -0.39 is 14.6 Å². The van der Waals surface area contributed by atoms with Gasteiger partial charge in [0.05, 0.1) is 10.5 Å². The molecule has 0 aromatic rings. The van der Waals surface area contributed by atoms with Gasteiger partial charge < -0.3 is 5.32 Å². The van der Waals surface area contributed by atoms with Crippen molar-refractivity contribution in [2.24, 2.45) is 0 Å². The number of rotatable bonds is 6. The third-order valence-electron chi connectivity index (χ3n) is 2.54. The van der Waals surface area contributed by atoms with Crippen LogP contribution in [0.4, 0.5) is 0 Å². The maximum absolute atomic E-state index is 11.8. The quantitative estimate of drug-likeness (QED) is 0.765. The first-order chi connectivity index (χ1) is 6.70. The third kappa shape index (κ3) is 5.52. The lowest BCUT2D eigenvalue weighted by atomic mass is 10.2. The van der Waals surface area contributed by atoms with Gasteiger partial charge in [0.1, 0.15) is 0 Å². The van der Waals surface area contributed by atoms with Crippen LogP contribution in [0.15, 0.2) is 0 Å². The summed E-state index contributed by atoms with van der Waals surface area (Å²) in [5.41, 5.74) is 0. The Hall–Kier alpha value is -0.0900. The van der Waals surface area contributed by atoms with E-state index in [1.165, 1.54) is 0 Å². The van der Waals surface area contributed by atoms with Crippen molar-refractivity contribution in [3.63, 3.8) is 0 Å². The van der Waals surface area contributed by atoms with Crippen molar-refractivity contribution in [2.45, 2.75) is 58.2 Å². The summed E-state index contributed by atoms with van der Waals surface area (Å²) in [6.45, 7) is 10.4. The van der Waals surface area contributed by atoms with E-state index in [9.17, 15) is 8.42 Å². The Morgan fingerprint density at radius 1 is 1.27 bits per heavy atom. The molecule has 0 saturated heterocycles. The van der Waals surface area contributed by atoms with Gasteiger partial charge in [-0.05, 0) is 47.1 Å². The molecule has 0 aromatic heterocycles. The maximum atomic E-state index is 11.8. The maximum Gasteiger partial charge on any atom is 0.155 e. The normalized spacial score (nSPS) is 15.3. The average molecular weight is 235 g/mol. The van der Waals surface area contributed by atoms with Crippen LogP contribution in [0.1, 0.15) is 47.5 Å². The summed E-state index contributed by atoms with van der Waals surface area (Å²) in [5, 5.41) is 3.28. The first-order valence-corrected chi connectivity index (χ1v) is 7.31. The Morgan fingerprint density at radius 3 is 2.20 bits per heavy atom. The zero-order valence-corrected chi connectivity index (χ0v) is 11.4. The Morgan fingerprint density at radius 2 is 1.80 bits per heavy atom. The van der Waals surface area contributed by atoms with Crippen molar-refractivity contribution in [1.82, 2.24) is 5.32 Å². The second kappa shape index (κ2) is 5.85. The Kier molecular flexibility index (Phi) is 5.81. The summed E-state index contributed by atoms with van der Waals surface area (Å²) < 4.78 is 22.9. The van der Waals surface area contributed by atoms with Crippen LogP contribution in [-0.4, -0.2) is 31.5 Å². The number of sulfone groups is 1. The lowest BCUT2D eigenvalue weighted by Crippen LogP contribution is -2.31. The highest BCUT2D eigenvalue weighted by Crippen LogP contribution is 2.17. The first kappa shape index (κ1) is 14.9. The molecule has 0 bridgehead atoms. The summed E-state index contributed by atoms with van der Waals surface area (Å²) in [5.74, 6) is 0.298. The lowest BCUT2D eigenvalue weighted by Gasteiger charge is -2.19. The highest BCUT2D eigenvalue weighted by Gasteiger charge is 2.28. The largest absolute Gasteiger partial charge is 0.315 e. The van der Waals surface area contributed by atoms with E-state index in [-0.39, 0.29) is 0 Å². The van der Waals surface area contributed by atoms with Crippen LogP contribution >= 0.6 is 0 Å². The smallest absolute Gasteiger partial charge is 0.155 e. The fourth-order valence-electron chi connectivity index (χ4n) is 1.34. The molecule has 0 amide bonds. The minimum atomic E-state index is -2.94. The van der Waals surface area contributed by atoms with E-state index >= 15 is 0 Å². The van der Waals surface area contributed by atoms with Crippen LogP contribution in [0.5, 0.6) is 0 Å². The van der Waals surface area contributed by atoms with Gasteiger partial charge >= 0.3 is 0 Å². The monoisotopic (exact) mass is 235 g/mol. The van der Waals surface area contributed by atoms with Crippen LogP contribution in [0.3, 0.4) is 0 Å². The molecule has 1 unspecified atom stereocenters. The van der Waals surface area contributed by atoms with E-state index in [0.717, 1.165) is 19.4 Å². The lowest BCUT2D eigenvalue weighted by molar-refractivity contribution is 0.515. The molecular weight excluding hydrogens is 210 g/mol. The molecule has 1 N–H and O–H groups in total. The van der Waals surface area contributed by atoms with E-state index in [4.69, 9.17) is 0 Å². The minimum absolute atomic E-state index is 0.298. The van der Waals surface area contributed by atoms with Gasteiger partial charge in [-0.3, -0.25) is 0 Å². The van der Waals surface area contributed by atoms with Gasteiger partial charge in [0.15, 0.2) is 9.84 Å². The molecule has 3 nitrogen and oxygen atoms in total. The molecule has 0 aliphatic heterocycles. The highest BCUT2D eigenvalue weighted by atomic mass is 32.2. The zero-order chi connectivity index (χ0) is 12.1. The molecule has 15 heavy (non-hydrogen) atoms. The van der Waals surface area contributed by atoms with Gasteiger partial charge in [-0.15, -0.1) is 0 Å². The fourth-order valence-corrected chi connectivity index (χ4v) is 2.50. The fraction of sp³-hybridized carbons (Fsp3) is 1.00. The topological polar surface area (TPSA) is 46.2 Å². The molecule has 0 aromatic carbocycles. The van der Waals surface area contributed by atoms with E-state index in [1.807, 2.05) is 0 Å². The predicted molar refractivity (Wildman–Crippen MR) is 65.9 cm³/mol. The highest BCUT2D eigenvalue weighted by molar-refractivity contribution is 7.92. The van der Waals surface area contributed by atoms with Crippen molar-refractivity contribution in [2.75, 3.05) is 12.3 Å². The molecular formula is C11H25NO2S. The number of nitrogens with one attached hydrogen (secondary N) is 1. The molecule has 0 spiro atoms. The zero-order valence-electron chi connectivity index (χ0n) is 10.6. The number of hydrogen-bond donors (Lipinski definition) is 1. The van der Waals surface area contributed by atoms with E-state index in [0.29, 0.717) is 11.8 Å². The van der Waals surface area contributed by atoms with Crippen molar-refractivity contribution in [1.29, 1.82) is 0 Å². The van der Waals surface area contributed by atoms with Gasteiger partial charge in [-0.2, -0.15) is 0 Å². The van der Waals surface area contributed by atoms with Gasteiger partial charge in [-0.1, -0.05) is 6.92 Å². The summed E-state index contributed by atoms with van der Waals surface area (Å²) in [4.78, 5) is 0. The summed E-state index contributed by atoms with van der Waals surface area (Å²) >= 11 is 0. The van der Waals surface area contributed by atoms with Crippen LogP contribution < -0.4 is 5.32 Å². The molecule has 0 radical (unpaired) electrons. The van der Waals surface area contributed by atoms with Gasteiger partial charge in [0, 0.05) is 6.04 Å². The van der Waals surface area contributed by atoms with Crippen LogP contribution in [-0.2, 0) is 9.84 Å². The van der Waals surface area contributed by atoms with Crippen molar-refractivity contribution < 1.29 is 8.42 Å². The molecule has 4 heteroatoms. The summed E-state index contributed by atoms with van der Waals surface area (Å²) in [6, 6.07) is 0.408. The molecule has 0 aliphatic carbocycles. The molecule has 0 saturated carbocycles. The molecule has 0 fully saturated rings. The molecule has 0 heterocycles. The van der Waals surface area contributed by atoms with Crippen LogP contribution in [0, 0.1) is 0 Å². The molecule has 0 aliphatic rings. The molecule has 1 atom stereocenters. The Labute approximate surface area is 94.6 Å². The SMILES string of the molecule is CCNC(C)CCCS(=O)(=O)C(C)(C)C. The third-order valence-corrected chi connectivity index (χ3v) is 5.23. The van der Waals surface area contributed by atoms with Gasteiger partial charge in [-0.25, -0.2) is 8.42 Å². The van der Waals surface area contributed by atoms with Crippen molar-refractivity contribution >= 4 is 9.84 Å². The van der Waals surface area contributed by atoms with Crippen molar-refractivity contribution in [3.8, 4) is 0 Å². The Balaban J connectivity index is 3.97. The summed E-state index contributed by atoms with van der Waals surface area (Å²) in [6.07, 6.45) is 1.66.